The van der Waals surface area contributed by atoms with Crippen LogP contribution in [0.15, 0.2) is 30.6 Å². The summed E-state index contributed by atoms with van der Waals surface area (Å²) in [5, 5.41) is 12.2. The summed E-state index contributed by atoms with van der Waals surface area (Å²) in [5.74, 6) is 0.577. The van der Waals surface area contributed by atoms with Crippen molar-refractivity contribution >= 4 is 11.5 Å². The highest BCUT2D eigenvalue weighted by Crippen LogP contribution is 2.17. The van der Waals surface area contributed by atoms with Gasteiger partial charge in [0.25, 0.3) is 0 Å². The fourth-order valence-electron chi connectivity index (χ4n) is 1.33. The van der Waals surface area contributed by atoms with E-state index in [-0.39, 0.29) is 0 Å². The van der Waals surface area contributed by atoms with Crippen LogP contribution in [0.4, 0.5) is 0 Å². The van der Waals surface area contributed by atoms with E-state index in [9.17, 15) is 0 Å². The highest BCUT2D eigenvalue weighted by molar-refractivity contribution is 7.09. The van der Waals surface area contributed by atoms with Crippen molar-refractivity contribution in [3.8, 4) is 16.4 Å². The van der Waals surface area contributed by atoms with Crippen LogP contribution in [-0.2, 0) is 0 Å². The summed E-state index contributed by atoms with van der Waals surface area (Å²) < 4.78 is 4.00. The Morgan fingerprint density at radius 1 is 1.24 bits per heavy atom. The third kappa shape index (κ3) is 1.92. The fourth-order valence-corrected chi connectivity index (χ4v) is 1.85. The van der Waals surface area contributed by atoms with Gasteiger partial charge in [0.15, 0.2) is 0 Å². The van der Waals surface area contributed by atoms with E-state index in [4.69, 9.17) is 0 Å². The molecular weight excluding hydrogens is 236 g/mol. The molecule has 17 heavy (non-hydrogen) atoms. The predicted octanol–water partition coefficient (Wildman–Crippen LogP) is 1.49. The molecule has 0 bridgehead atoms. The van der Waals surface area contributed by atoms with Crippen molar-refractivity contribution in [2.45, 2.75) is 6.92 Å². The third-order valence-corrected chi connectivity index (χ3v) is 2.94. The molecule has 0 radical (unpaired) electrons. The summed E-state index contributed by atoms with van der Waals surface area (Å²) >= 11 is 1.34. The van der Waals surface area contributed by atoms with E-state index in [2.05, 4.69) is 24.8 Å². The second-order valence-electron chi connectivity index (χ2n) is 3.44. The molecule has 0 fully saturated rings. The smallest absolute Gasteiger partial charge is 0.216 e. The Kier molecular flexibility index (Phi) is 2.37. The average molecular weight is 244 g/mol. The van der Waals surface area contributed by atoms with E-state index in [1.165, 1.54) is 16.3 Å². The molecule has 3 aromatic rings. The van der Waals surface area contributed by atoms with E-state index in [1.54, 1.807) is 12.4 Å². The van der Waals surface area contributed by atoms with Gasteiger partial charge in [0.05, 0.1) is 11.1 Å². The Bertz CT molecular complexity index is 613. The van der Waals surface area contributed by atoms with Crippen molar-refractivity contribution in [1.82, 2.24) is 29.6 Å². The maximum Gasteiger partial charge on any atom is 0.216 e. The van der Waals surface area contributed by atoms with Crippen LogP contribution in [0.3, 0.4) is 0 Å². The van der Waals surface area contributed by atoms with Crippen LogP contribution in [-0.4, -0.2) is 29.6 Å². The lowest BCUT2D eigenvalue weighted by atomic mass is 10.3. The lowest BCUT2D eigenvalue weighted by Crippen LogP contribution is -1.99. The summed E-state index contributed by atoms with van der Waals surface area (Å²) in [6.07, 6.45) is 3.43. The van der Waals surface area contributed by atoms with E-state index in [1.807, 2.05) is 25.1 Å². The number of hydrogen-bond acceptors (Lipinski definition) is 6. The lowest BCUT2D eigenvalue weighted by Gasteiger charge is -1.96. The van der Waals surface area contributed by atoms with Crippen molar-refractivity contribution in [1.29, 1.82) is 0 Å². The van der Waals surface area contributed by atoms with Gasteiger partial charge in [-0.25, -0.2) is 4.37 Å². The first-order valence-electron chi connectivity index (χ1n) is 4.97. The molecule has 0 atom stereocenters. The monoisotopic (exact) mass is 244 g/mol. The van der Waals surface area contributed by atoms with E-state index in [0.29, 0.717) is 5.82 Å². The molecule has 0 unspecified atom stereocenters. The summed E-state index contributed by atoms with van der Waals surface area (Å²) in [4.78, 5) is 6.55. The van der Waals surface area contributed by atoms with Gasteiger partial charge < -0.3 is 0 Å². The van der Waals surface area contributed by atoms with Crippen LogP contribution < -0.4 is 0 Å². The van der Waals surface area contributed by atoms with Gasteiger partial charge in [-0.2, -0.15) is 0 Å². The standard InChI is InChI=1S/C10H8N6S/c1-7-2-3-8(6-11-7)16-14-10(13-15-16)9-4-5-12-17-9/h2-6H,1H3. The molecule has 0 aliphatic rings. The molecular formula is C10H8N6S. The Balaban J connectivity index is 1.98. The molecule has 0 N–H and O–H groups in total. The van der Waals surface area contributed by atoms with Gasteiger partial charge in [0, 0.05) is 11.9 Å². The molecule has 0 saturated carbocycles. The number of hydrogen-bond donors (Lipinski definition) is 0. The second-order valence-corrected chi connectivity index (χ2v) is 4.27. The highest BCUT2D eigenvalue weighted by atomic mass is 32.1. The van der Waals surface area contributed by atoms with Gasteiger partial charge >= 0.3 is 0 Å². The maximum absolute atomic E-state index is 4.28. The molecule has 7 heteroatoms. The summed E-state index contributed by atoms with van der Waals surface area (Å²) in [7, 11) is 0. The fraction of sp³-hybridized carbons (Fsp3) is 0.100. The van der Waals surface area contributed by atoms with Gasteiger partial charge in [0.1, 0.15) is 5.69 Å². The molecule has 0 aliphatic heterocycles. The molecule has 0 spiro atoms. The van der Waals surface area contributed by atoms with Crippen molar-refractivity contribution in [2.24, 2.45) is 0 Å². The van der Waals surface area contributed by atoms with Gasteiger partial charge in [-0.1, -0.05) is 0 Å². The summed E-state index contributed by atoms with van der Waals surface area (Å²) in [5.41, 5.74) is 1.75. The number of tetrazole rings is 1. The van der Waals surface area contributed by atoms with E-state index < -0.39 is 0 Å². The largest absolute Gasteiger partial charge is 0.259 e. The normalized spacial score (nSPS) is 10.6. The second kappa shape index (κ2) is 4.02. The topological polar surface area (TPSA) is 69.4 Å². The Hall–Kier alpha value is -2.15. The van der Waals surface area contributed by atoms with Crippen LogP contribution in [0.25, 0.3) is 16.4 Å². The van der Waals surface area contributed by atoms with Crippen molar-refractivity contribution in [2.75, 3.05) is 0 Å². The van der Waals surface area contributed by atoms with Crippen molar-refractivity contribution in [3.63, 3.8) is 0 Å². The Morgan fingerprint density at radius 3 is 2.88 bits per heavy atom. The maximum atomic E-state index is 4.28. The van der Waals surface area contributed by atoms with Crippen LogP contribution in [0.1, 0.15) is 5.69 Å². The van der Waals surface area contributed by atoms with E-state index >= 15 is 0 Å². The molecule has 3 aromatic heterocycles. The molecule has 84 valence electrons. The highest BCUT2D eigenvalue weighted by Gasteiger charge is 2.08. The predicted molar refractivity (Wildman–Crippen MR) is 62.8 cm³/mol. The van der Waals surface area contributed by atoms with Crippen molar-refractivity contribution < 1.29 is 0 Å². The minimum Gasteiger partial charge on any atom is -0.259 e. The number of rotatable bonds is 2. The molecule has 0 saturated heterocycles. The lowest BCUT2D eigenvalue weighted by molar-refractivity contribution is 0.716. The Morgan fingerprint density at radius 2 is 2.18 bits per heavy atom. The zero-order chi connectivity index (χ0) is 11.7. The first-order valence-corrected chi connectivity index (χ1v) is 5.74. The molecule has 3 rings (SSSR count). The van der Waals surface area contributed by atoms with E-state index in [0.717, 1.165) is 16.3 Å². The SMILES string of the molecule is Cc1ccc(-n2nnc(-c3ccns3)n2)cn1. The van der Waals surface area contributed by atoms with Crippen LogP contribution in [0.2, 0.25) is 0 Å². The number of aromatic nitrogens is 6. The first kappa shape index (κ1) is 10.0. The summed E-state index contributed by atoms with van der Waals surface area (Å²) in [6, 6.07) is 5.67. The van der Waals surface area contributed by atoms with Gasteiger partial charge in [-0.3, -0.25) is 4.98 Å². The Labute approximate surface area is 101 Å². The zero-order valence-electron chi connectivity index (χ0n) is 8.98. The zero-order valence-corrected chi connectivity index (χ0v) is 9.79. The van der Waals surface area contributed by atoms with Gasteiger partial charge in [-0.15, -0.1) is 15.0 Å². The number of pyridine rings is 1. The third-order valence-electron chi connectivity index (χ3n) is 2.20. The molecule has 0 aliphatic carbocycles. The molecule has 3 heterocycles. The van der Waals surface area contributed by atoms with Crippen LogP contribution in [0, 0.1) is 6.92 Å². The quantitative estimate of drug-likeness (QED) is 0.683. The molecule has 6 nitrogen and oxygen atoms in total. The van der Waals surface area contributed by atoms with Gasteiger partial charge in [-0.05, 0) is 41.9 Å². The number of aryl methyl sites for hydroxylation is 1. The van der Waals surface area contributed by atoms with Crippen LogP contribution >= 0.6 is 11.5 Å². The molecule has 0 aromatic carbocycles. The minimum atomic E-state index is 0.577. The minimum absolute atomic E-state index is 0.577. The summed E-state index contributed by atoms with van der Waals surface area (Å²) in [6.45, 7) is 1.93. The molecule has 0 amide bonds. The first-order chi connectivity index (χ1) is 8.33. The van der Waals surface area contributed by atoms with Gasteiger partial charge in [0.2, 0.25) is 5.82 Å². The number of nitrogens with zero attached hydrogens (tertiary/aromatic N) is 6. The van der Waals surface area contributed by atoms with Crippen molar-refractivity contribution in [3.05, 3.63) is 36.3 Å². The average Bonchev–Trinajstić information content (AvgIpc) is 3.00. The van der Waals surface area contributed by atoms with Crippen LogP contribution in [0.5, 0.6) is 0 Å².